The highest BCUT2D eigenvalue weighted by molar-refractivity contribution is 5.94. The summed E-state index contributed by atoms with van der Waals surface area (Å²) in [4.78, 5) is 16.3. The minimum atomic E-state index is -0.337. The van der Waals surface area contributed by atoms with E-state index in [1.165, 1.54) is 0 Å². The van der Waals surface area contributed by atoms with Crippen molar-refractivity contribution in [1.82, 2.24) is 10.3 Å². The predicted molar refractivity (Wildman–Crippen MR) is 83.6 cm³/mol. The third kappa shape index (κ3) is 3.36. The second-order valence-corrected chi connectivity index (χ2v) is 5.80. The van der Waals surface area contributed by atoms with Gasteiger partial charge in [-0.1, -0.05) is 6.92 Å². The number of anilines is 1. The van der Waals surface area contributed by atoms with Gasteiger partial charge in [0.2, 0.25) is 0 Å². The number of carbonyl (C=O) groups is 1. The van der Waals surface area contributed by atoms with Crippen LogP contribution in [0.25, 0.3) is 0 Å². The molecule has 2 fully saturated rings. The van der Waals surface area contributed by atoms with Crippen LogP contribution in [0.5, 0.6) is 0 Å². The fourth-order valence-corrected chi connectivity index (χ4v) is 3.22. The second kappa shape index (κ2) is 6.73. The van der Waals surface area contributed by atoms with Crippen LogP contribution in [0.1, 0.15) is 26.2 Å². The molecule has 1 aromatic heterocycles. The highest BCUT2D eigenvalue weighted by atomic mass is 35.5. The number of pyridine rings is 1. The maximum Gasteiger partial charge on any atom is 0.253 e. The lowest BCUT2D eigenvalue weighted by Crippen LogP contribution is -2.49. The van der Waals surface area contributed by atoms with Crippen LogP contribution in [0, 0.1) is 5.92 Å². The van der Waals surface area contributed by atoms with Crippen molar-refractivity contribution in [3.63, 3.8) is 0 Å². The Bertz CT molecular complexity index is 485. The summed E-state index contributed by atoms with van der Waals surface area (Å²) in [5, 5.41) is 6.26. The molecule has 21 heavy (non-hydrogen) atoms. The van der Waals surface area contributed by atoms with Gasteiger partial charge < -0.3 is 15.4 Å². The number of hydrogen-bond donors (Lipinski definition) is 2. The quantitative estimate of drug-likeness (QED) is 0.877. The normalized spacial score (nSPS) is 31.7. The molecule has 1 spiro atoms. The van der Waals surface area contributed by atoms with E-state index in [0.717, 1.165) is 38.0 Å². The minimum absolute atomic E-state index is 0. The average Bonchev–Trinajstić information content (AvgIpc) is 2.89. The van der Waals surface area contributed by atoms with Crippen LogP contribution in [-0.2, 0) is 9.53 Å². The Morgan fingerprint density at radius 1 is 1.52 bits per heavy atom. The molecular formula is C15H22ClN3O2. The van der Waals surface area contributed by atoms with E-state index in [9.17, 15) is 4.79 Å². The van der Waals surface area contributed by atoms with Gasteiger partial charge in [-0.3, -0.25) is 9.78 Å². The van der Waals surface area contributed by atoms with Crippen molar-refractivity contribution in [1.29, 1.82) is 0 Å². The van der Waals surface area contributed by atoms with Crippen molar-refractivity contribution in [2.24, 2.45) is 5.92 Å². The SMILES string of the molecule is CC1CNCCC12CCC(C(=O)Nc1cccnc1)O2.Cl. The van der Waals surface area contributed by atoms with Crippen LogP contribution >= 0.6 is 12.4 Å². The van der Waals surface area contributed by atoms with Crippen molar-refractivity contribution in [3.05, 3.63) is 24.5 Å². The molecule has 0 bridgehead atoms. The minimum Gasteiger partial charge on any atom is -0.362 e. The number of ether oxygens (including phenoxy) is 1. The molecule has 3 unspecified atom stereocenters. The van der Waals surface area contributed by atoms with Crippen LogP contribution in [0.4, 0.5) is 5.69 Å². The fraction of sp³-hybridized carbons (Fsp3) is 0.600. The molecule has 2 aliphatic rings. The number of amides is 1. The van der Waals surface area contributed by atoms with Gasteiger partial charge in [0.15, 0.2) is 0 Å². The molecule has 3 heterocycles. The molecule has 5 nitrogen and oxygen atoms in total. The molecule has 1 aromatic rings. The summed E-state index contributed by atoms with van der Waals surface area (Å²) in [7, 11) is 0. The summed E-state index contributed by atoms with van der Waals surface area (Å²) in [6.45, 7) is 4.14. The van der Waals surface area contributed by atoms with Crippen molar-refractivity contribution in [2.45, 2.75) is 37.9 Å². The Labute approximate surface area is 131 Å². The van der Waals surface area contributed by atoms with E-state index in [2.05, 4.69) is 22.5 Å². The maximum atomic E-state index is 12.3. The second-order valence-electron chi connectivity index (χ2n) is 5.80. The molecule has 1 amide bonds. The largest absolute Gasteiger partial charge is 0.362 e. The first-order chi connectivity index (χ1) is 9.70. The molecule has 2 N–H and O–H groups in total. The zero-order valence-corrected chi connectivity index (χ0v) is 13.0. The Hall–Kier alpha value is -1.17. The Balaban J connectivity index is 0.00000161. The first-order valence-corrected chi connectivity index (χ1v) is 7.29. The number of hydrogen-bond acceptors (Lipinski definition) is 4. The van der Waals surface area contributed by atoms with E-state index in [-0.39, 0.29) is 30.0 Å². The lowest BCUT2D eigenvalue weighted by atomic mass is 9.81. The molecular weight excluding hydrogens is 290 g/mol. The molecule has 3 rings (SSSR count). The van der Waals surface area contributed by atoms with Crippen LogP contribution in [0.15, 0.2) is 24.5 Å². The van der Waals surface area contributed by atoms with E-state index < -0.39 is 0 Å². The van der Waals surface area contributed by atoms with Gasteiger partial charge in [-0.2, -0.15) is 0 Å². The third-order valence-corrected chi connectivity index (χ3v) is 4.50. The highest BCUT2D eigenvalue weighted by Gasteiger charge is 2.47. The van der Waals surface area contributed by atoms with E-state index in [1.54, 1.807) is 12.4 Å². The molecule has 116 valence electrons. The Morgan fingerprint density at radius 2 is 2.38 bits per heavy atom. The molecule has 3 atom stereocenters. The summed E-state index contributed by atoms with van der Waals surface area (Å²) in [5.74, 6) is 0.396. The van der Waals surface area contributed by atoms with Gasteiger partial charge in [0.05, 0.1) is 17.5 Å². The first-order valence-electron chi connectivity index (χ1n) is 7.29. The van der Waals surface area contributed by atoms with Crippen LogP contribution in [0.2, 0.25) is 0 Å². The molecule has 0 aromatic carbocycles. The number of nitrogens with one attached hydrogen (secondary N) is 2. The summed E-state index contributed by atoms with van der Waals surface area (Å²) in [6.07, 6.45) is 5.77. The van der Waals surface area contributed by atoms with E-state index in [1.807, 2.05) is 12.1 Å². The highest BCUT2D eigenvalue weighted by Crippen LogP contribution is 2.40. The molecule has 6 heteroatoms. The zero-order chi connectivity index (χ0) is 14.0. The third-order valence-electron chi connectivity index (χ3n) is 4.50. The summed E-state index contributed by atoms with van der Waals surface area (Å²) >= 11 is 0. The Kier molecular flexibility index (Phi) is 5.19. The predicted octanol–water partition coefficient (Wildman–Crippen LogP) is 1.99. The number of nitrogens with zero attached hydrogens (tertiary/aromatic N) is 1. The number of piperidine rings is 1. The van der Waals surface area contributed by atoms with E-state index in [0.29, 0.717) is 5.92 Å². The van der Waals surface area contributed by atoms with E-state index in [4.69, 9.17) is 4.74 Å². The van der Waals surface area contributed by atoms with Gasteiger partial charge >= 0.3 is 0 Å². The lowest BCUT2D eigenvalue weighted by Gasteiger charge is -2.39. The Morgan fingerprint density at radius 3 is 3.10 bits per heavy atom. The topological polar surface area (TPSA) is 63.2 Å². The van der Waals surface area contributed by atoms with E-state index >= 15 is 0 Å². The number of rotatable bonds is 2. The molecule has 0 aliphatic carbocycles. The van der Waals surface area contributed by atoms with Gasteiger partial charge in [0.1, 0.15) is 6.10 Å². The monoisotopic (exact) mass is 311 g/mol. The molecule has 2 aliphatic heterocycles. The number of aromatic nitrogens is 1. The van der Waals surface area contributed by atoms with Crippen LogP contribution < -0.4 is 10.6 Å². The van der Waals surface area contributed by atoms with Gasteiger partial charge in [-0.05, 0) is 43.9 Å². The molecule has 0 radical (unpaired) electrons. The van der Waals surface area contributed by atoms with Crippen molar-refractivity contribution in [2.75, 3.05) is 18.4 Å². The smallest absolute Gasteiger partial charge is 0.253 e. The van der Waals surface area contributed by atoms with Gasteiger partial charge in [0.25, 0.3) is 5.91 Å². The van der Waals surface area contributed by atoms with Gasteiger partial charge in [0, 0.05) is 12.7 Å². The zero-order valence-electron chi connectivity index (χ0n) is 12.2. The van der Waals surface area contributed by atoms with Crippen molar-refractivity contribution < 1.29 is 9.53 Å². The van der Waals surface area contributed by atoms with Crippen molar-refractivity contribution in [3.8, 4) is 0 Å². The first kappa shape index (κ1) is 16.2. The summed E-state index contributed by atoms with van der Waals surface area (Å²) < 4.78 is 6.16. The van der Waals surface area contributed by atoms with Crippen molar-refractivity contribution >= 4 is 24.0 Å². The summed E-state index contributed by atoms with van der Waals surface area (Å²) in [6, 6.07) is 3.64. The molecule has 0 saturated carbocycles. The van der Waals surface area contributed by atoms with Gasteiger partial charge in [-0.25, -0.2) is 0 Å². The number of halogens is 1. The van der Waals surface area contributed by atoms with Crippen LogP contribution in [0.3, 0.4) is 0 Å². The molecule has 2 saturated heterocycles. The summed E-state index contributed by atoms with van der Waals surface area (Å²) in [5.41, 5.74) is 0.614. The average molecular weight is 312 g/mol. The lowest BCUT2D eigenvalue weighted by molar-refractivity contribution is -0.138. The van der Waals surface area contributed by atoms with Gasteiger partial charge in [-0.15, -0.1) is 12.4 Å². The number of carbonyl (C=O) groups excluding carboxylic acids is 1. The fourth-order valence-electron chi connectivity index (χ4n) is 3.22. The van der Waals surface area contributed by atoms with Crippen LogP contribution in [-0.4, -0.2) is 35.7 Å². The standard InChI is InChI=1S/C15H21N3O2.ClH/c1-11-9-17-8-6-15(11)5-4-13(20-15)14(19)18-12-3-2-7-16-10-12;/h2-3,7,10-11,13,17H,4-6,8-9H2,1H3,(H,18,19);1H. The maximum absolute atomic E-state index is 12.3.